The van der Waals surface area contributed by atoms with E-state index in [1.54, 1.807) is 10.7 Å². The molecule has 0 saturated carbocycles. The van der Waals surface area contributed by atoms with E-state index in [2.05, 4.69) is 29.1 Å². The number of fused-ring (bicyclic) bond motifs is 2. The molecule has 0 bridgehead atoms. The molecule has 1 aliphatic rings. The Morgan fingerprint density at radius 2 is 2.15 bits per heavy atom. The van der Waals surface area contributed by atoms with Gasteiger partial charge in [0.1, 0.15) is 5.82 Å². The maximum absolute atomic E-state index is 13.1. The second-order valence-electron chi connectivity index (χ2n) is 7.27. The number of amides is 1. The van der Waals surface area contributed by atoms with Crippen LogP contribution in [0.1, 0.15) is 40.5 Å². The number of para-hydroxylation sites is 1. The largest absolute Gasteiger partial charge is 0.342 e. The zero-order valence-electron chi connectivity index (χ0n) is 15.2. The number of likely N-dealkylation sites (tertiary alicyclic amines) is 1. The summed E-state index contributed by atoms with van der Waals surface area (Å²) in [5.41, 5.74) is 4.78. The Kier molecular flexibility index (Phi) is 3.70. The number of hydrogen-bond donors (Lipinski definition) is 1. The van der Waals surface area contributed by atoms with Gasteiger partial charge in [-0.25, -0.2) is 9.50 Å². The molecule has 1 amide bonds. The van der Waals surface area contributed by atoms with Crippen molar-refractivity contribution < 1.29 is 4.79 Å². The normalized spacial score (nSPS) is 17.7. The molecule has 0 unspecified atom stereocenters. The average molecular weight is 359 g/mol. The van der Waals surface area contributed by atoms with Gasteiger partial charge in [-0.15, -0.1) is 0 Å². The van der Waals surface area contributed by atoms with Crippen LogP contribution in [0.4, 0.5) is 0 Å². The molecule has 3 aromatic heterocycles. The summed E-state index contributed by atoms with van der Waals surface area (Å²) < 4.78 is 1.75. The van der Waals surface area contributed by atoms with Crippen LogP contribution in [-0.2, 0) is 0 Å². The van der Waals surface area contributed by atoms with Crippen LogP contribution in [0.15, 0.2) is 48.8 Å². The lowest BCUT2D eigenvalue weighted by Gasteiger charge is -2.31. The number of benzene rings is 1. The van der Waals surface area contributed by atoms with Crippen molar-refractivity contribution in [3.8, 4) is 0 Å². The Morgan fingerprint density at radius 1 is 1.22 bits per heavy atom. The van der Waals surface area contributed by atoms with E-state index in [1.165, 1.54) is 5.56 Å². The molecule has 1 atom stereocenters. The van der Waals surface area contributed by atoms with Crippen LogP contribution in [-0.4, -0.2) is 43.5 Å². The highest BCUT2D eigenvalue weighted by Gasteiger charge is 2.28. The highest BCUT2D eigenvalue weighted by molar-refractivity contribution is 6.00. The van der Waals surface area contributed by atoms with Gasteiger partial charge in [-0.05, 0) is 43.5 Å². The number of aromatic nitrogens is 4. The molecule has 1 saturated heterocycles. The van der Waals surface area contributed by atoms with Gasteiger partial charge in [-0.2, -0.15) is 5.10 Å². The molecule has 1 aliphatic heterocycles. The zero-order chi connectivity index (χ0) is 18.4. The van der Waals surface area contributed by atoms with E-state index in [-0.39, 0.29) is 11.8 Å². The predicted octanol–water partition coefficient (Wildman–Crippen LogP) is 3.54. The molecule has 6 heteroatoms. The summed E-state index contributed by atoms with van der Waals surface area (Å²) in [6, 6.07) is 12.0. The summed E-state index contributed by atoms with van der Waals surface area (Å²) in [6.45, 7) is 3.54. The number of imidazole rings is 1. The number of carbonyl (C=O) groups is 1. The number of aryl methyl sites for hydroxylation is 1. The SMILES string of the molecule is Cc1cccc2[nH]c([C@@H]3CCCN(C(=O)c4cnn5ccccc45)C3)nc12. The van der Waals surface area contributed by atoms with E-state index in [0.29, 0.717) is 12.1 Å². The molecule has 4 aromatic rings. The Bertz CT molecular complexity index is 1140. The first-order valence-corrected chi connectivity index (χ1v) is 9.37. The third-order valence-electron chi connectivity index (χ3n) is 5.48. The van der Waals surface area contributed by atoms with Crippen molar-refractivity contribution in [2.45, 2.75) is 25.7 Å². The zero-order valence-corrected chi connectivity index (χ0v) is 15.2. The standard InChI is InChI=1S/C21H21N5O/c1-14-6-4-8-17-19(14)24-20(23-17)15-7-5-10-25(13-15)21(27)16-12-22-26-11-3-2-9-18(16)26/h2-4,6,8-9,11-12,15H,5,7,10,13H2,1H3,(H,23,24)/t15-/m1/s1. The van der Waals surface area contributed by atoms with Gasteiger partial charge >= 0.3 is 0 Å². The fourth-order valence-corrected chi connectivity index (χ4v) is 4.04. The van der Waals surface area contributed by atoms with Crippen LogP contribution in [0.25, 0.3) is 16.6 Å². The number of aromatic amines is 1. The average Bonchev–Trinajstić information content (AvgIpc) is 3.33. The molecule has 0 spiro atoms. The molecule has 1 aromatic carbocycles. The molecular weight excluding hydrogens is 338 g/mol. The highest BCUT2D eigenvalue weighted by atomic mass is 16.2. The van der Waals surface area contributed by atoms with E-state index in [1.807, 2.05) is 35.4 Å². The number of H-pyrrole nitrogens is 1. The first kappa shape index (κ1) is 16.1. The van der Waals surface area contributed by atoms with E-state index in [0.717, 1.165) is 41.8 Å². The lowest BCUT2D eigenvalue weighted by atomic mass is 9.97. The second kappa shape index (κ2) is 6.23. The van der Waals surface area contributed by atoms with Crippen molar-refractivity contribution in [3.05, 3.63) is 65.7 Å². The molecule has 6 nitrogen and oxygen atoms in total. The van der Waals surface area contributed by atoms with Gasteiger partial charge in [-0.3, -0.25) is 4.79 Å². The smallest absolute Gasteiger partial charge is 0.257 e. The van der Waals surface area contributed by atoms with Crippen LogP contribution < -0.4 is 0 Å². The first-order valence-electron chi connectivity index (χ1n) is 9.37. The van der Waals surface area contributed by atoms with Crippen molar-refractivity contribution in [2.75, 3.05) is 13.1 Å². The number of rotatable bonds is 2. The molecule has 0 radical (unpaired) electrons. The molecule has 5 rings (SSSR count). The minimum absolute atomic E-state index is 0.0493. The summed E-state index contributed by atoms with van der Waals surface area (Å²) >= 11 is 0. The van der Waals surface area contributed by atoms with E-state index in [4.69, 9.17) is 4.98 Å². The number of carbonyl (C=O) groups excluding carboxylic acids is 1. The van der Waals surface area contributed by atoms with Gasteiger partial charge in [0, 0.05) is 25.2 Å². The number of hydrogen-bond acceptors (Lipinski definition) is 3. The second-order valence-corrected chi connectivity index (χ2v) is 7.27. The maximum Gasteiger partial charge on any atom is 0.257 e. The number of piperidine rings is 1. The molecule has 0 aliphatic carbocycles. The van der Waals surface area contributed by atoms with Gasteiger partial charge in [0.25, 0.3) is 5.91 Å². The Hall–Kier alpha value is -3.15. The van der Waals surface area contributed by atoms with Gasteiger partial charge in [-0.1, -0.05) is 18.2 Å². The monoisotopic (exact) mass is 359 g/mol. The van der Waals surface area contributed by atoms with Crippen molar-refractivity contribution in [1.29, 1.82) is 0 Å². The lowest BCUT2D eigenvalue weighted by Crippen LogP contribution is -2.39. The fraction of sp³-hybridized carbons (Fsp3) is 0.286. The van der Waals surface area contributed by atoms with Crippen molar-refractivity contribution in [2.24, 2.45) is 0 Å². The first-order chi connectivity index (χ1) is 13.2. The Labute approximate surface area is 156 Å². The topological polar surface area (TPSA) is 66.3 Å². The number of nitrogens with zero attached hydrogens (tertiary/aromatic N) is 4. The van der Waals surface area contributed by atoms with Crippen molar-refractivity contribution >= 4 is 22.5 Å². The van der Waals surface area contributed by atoms with E-state index in [9.17, 15) is 4.79 Å². The predicted molar refractivity (Wildman–Crippen MR) is 104 cm³/mol. The fourth-order valence-electron chi connectivity index (χ4n) is 4.04. The number of nitrogens with one attached hydrogen (secondary N) is 1. The minimum Gasteiger partial charge on any atom is -0.342 e. The highest BCUT2D eigenvalue weighted by Crippen LogP contribution is 2.28. The van der Waals surface area contributed by atoms with Crippen molar-refractivity contribution in [3.63, 3.8) is 0 Å². The quantitative estimate of drug-likeness (QED) is 0.595. The van der Waals surface area contributed by atoms with Crippen LogP contribution in [0, 0.1) is 6.92 Å². The lowest BCUT2D eigenvalue weighted by molar-refractivity contribution is 0.0707. The van der Waals surface area contributed by atoms with Crippen LogP contribution in [0.5, 0.6) is 0 Å². The van der Waals surface area contributed by atoms with Crippen LogP contribution in [0.3, 0.4) is 0 Å². The van der Waals surface area contributed by atoms with E-state index >= 15 is 0 Å². The van der Waals surface area contributed by atoms with Gasteiger partial charge < -0.3 is 9.88 Å². The van der Waals surface area contributed by atoms with Crippen LogP contribution >= 0.6 is 0 Å². The summed E-state index contributed by atoms with van der Waals surface area (Å²) in [5.74, 6) is 1.26. The molecule has 1 fully saturated rings. The van der Waals surface area contributed by atoms with Crippen LogP contribution in [0.2, 0.25) is 0 Å². The summed E-state index contributed by atoms with van der Waals surface area (Å²) in [5, 5.41) is 4.30. The van der Waals surface area contributed by atoms with E-state index < -0.39 is 0 Å². The Morgan fingerprint density at radius 3 is 3.04 bits per heavy atom. The molecule has 4 heterocycles. The molecule has 27 heavy (non-hydrogen) atoms. The summed E-state index contributed by atoms with van der Waals surface area (Å²) in [7, 11) is 0. The van der Waals surface area contributed by atoms with Crippen molar-refractivity contribution in [1.82, 2.24) is 24.5 Å². The summed E-state index contributed by atoms with van der Waals surface area (Å²) in [4.78, 5) is 23.4. The summed E-state index contributed by atoms with van der Waals surface area (Å²) in [6.07, 6.45) is 5.55. The molecule has 1 N–H and O–H groups in total. The van der Waals surface area contributed by atoms with Gasteiger partial charge in [0.2, 0.25) is 0 Å². The minimum atomic E-state index is 0.0493. The maximum atomic E-state index is 13.1. The number of pyridine rings is 1. The van der Waals surface area contributed by atoms with Gasteiger partial charge in [0.05, 0.1) is 28.3 Å². The molecular formula is C21H21N5O. The Balaban J connectivity index is 1.43. The van der Waals surface area contributed by atoms with Gasteiger partial charge in [0.15, 0.2) is 0 Å². The third-order valence-corrected chi connectivity index (χ3v) is 5.48. The molecule has 136 valence electrons. The third kappa shape index (κ3) is 2.68.